The zero-order valence-electron chi connectivity index (χ0n) is 22.9. The third-order valence-electron chi connectivity index (χ3n) is 9.83. The number of fused-ring (bicyclic) bond motifs is 1. The zero-order valence-corrected chi connectivity index (χ0v) is 22.9. The summed E-state index contributed by atoms with van der Waals surface area (Å²) in [5, 5.41) is 3.10. The van der Waals surface area contributed by atoms with Crippen LogP contribution in [0.2, 0.25) is 0 Å². The predicted octanol–water partition coefficient (Wildman–Crippen LogP) is 7.23. The number of hydrogen-bond donors (Lipinski definition) is 1. The van der Waals surface area contributed by atoms with Gasteiger partial charge in [-0.1, -0.05) is 43.3 Å². The van der Waals surface area contributed by atoms with E-state index in [1.807, 2.05) is 42.5 Å². The molecule has 1 N–H and O–H groups in total. The van der Waals surface area contributed by atoms with Crippen LogP contribution in [0.1, 0.15) is 50.7 Å². The molecule has 0 bridgehead atoms. The molecule has 1 fully saturated rings. The average Bonchev–Trinajstić information content (AvgIpc) is 3.18. The Bertz CT molecular complexity index is 1270. The van der Waals surface area contributed by atoms with Gasteiger partial charge in [-0.2, -0.15) is 0 Å². The Kier molecular flexibility index (Phi) is 6.69. The second-order valence-corrected chi connectivity index (χ2v) is 12.2. The number of para-hydroxylation sites is 2. The first-order valence-corrected chi connectivity index (χ1v) is 13.6. The predicted molar refractivity (Wildman–Crippen MR) is 150 cm³/mol. The number of quaternary nitrogens is 2. The van der Waals surface area contributed by atoms with Gasteiger partial charge in [0.15, 0.2) is 5.69 Å². The number of halogens is 2. The molecule has 3 aromatic rings. The van der Waals surface area contributed by atoms with Gasteiger partial charge in [0, 0.05) is 11.5 Å². The molecular formula is C32H39F2N3O+2. The van der Waals surface area contributed by atoms with Crippen LogP contribution in [0, 0.1) is 11.6 Å². The van der Waals surface area contributed by atoms with Gasteiger partial charge < -0.3 is 4.48 Å². The van der Waals surface area contributed by atoms with Crippen LogP contribution in [0.4, 0.5) is 25.0 Å². The van der Waals surface area contributed by atoms with E-state index in [2.05, 4.69) is 39.3 Å². The topological polar surface area (TPSA) is 29.1 Å². The molecule has 2 amide bonds. The zero-order chi connectivity index (χ0) is 27.2. The van der Waals surface area contributed by atoms with Crippen molar-refractivity contribution >= 4 is 17.4 Å². The molecule has 1 atom stereocenters. The van der Waals surface area contributed by atoms with E-state index < -0.39 is 0 Å². The summed E-state index contributed by atoms with van der Waals surface area (Å²) in [6.45, 7) is 7.46. The minimum absolute atomic E-state index is 0.0548. The lowest BCUT2D eigenvalue weighted by atomic mass is 9.73. The second-order valence-electron chi connectivity index (χ2n) is 12.2. The van der Waals surface area contributed by atoms with Gasteiger partial charge in [-0.15, -0.1) is 0 Å². The molecule has 4 nitrogen and oxygen atoms in total. The Morgan fingerprint density at radius 1 is 0.868 bits per heavy atom. The SMILES string of the molecule is CC(CCC[N+]1(C)CCC(C)([N+]2(C)C(=O)Nc3ccccc32)CC1)(c1ccc(F)cc1)c1ccc(F)cc1. The van der Waals surface area contributed by atoms with Crippen molar-refractivity contribution in [3.8, 4) is 0 Å². The van der Waals surface area contributed by atoms with Crippen molar-refractivity contribution in [2.24, 2.45) is 0 Å². The van der Waals surface area contributed by atoms with Crippen LogP contribution in [0.5, 0.6) is 0 Å². The van der Waals surface area contributed by atoms with Gasteiger partial charge in [-0.25, -0.2) is 18.1 Å². The number of hydrogen-bond acceptors (Lipinski definition) is 1. The maximum absolute atomic E-state index is 13.7. The van der Waals surface area contributed by atoms with E-state index in [0.717, 1.165) is 72.3 Å². The summed E-state index contributed by atoms with van der Waals surface area (Å²) in [6.07, 6.45) is 3.76. The van der Waals surface area contributed by atoms with Crippen LogP contribution in [0.25, 0.3) is 0 Å². The van der Waals surface area contributed by atoms with Crippen LogP contribution in [-0.2, 0) is 5.41 Å². The molecule has 38 heavy (non-hydrogen) atoms. The number of carbonyl (C=O) groups excluding carboxylic acids is 1. The Morgan fingerprint density at radius 2 is 1.39 bits per heavy atom. The number of nitrogens with zero attached hydrogens (tertiary/aromatic N) is 2. The van der Waals surface area contributed by atoms with Crippen molar-refractivity contribution in [3.63, 3.8) is 0 Å². The smallest absolute Gasteiger partial charge is 0.326 e. The van der Waals surface area contributed by atoms with Gasteiger partial charge in [0.2, 0.25) is 0 Å². The summed E-state index contributed by atoms with van der Waals surface area (Å²) < 4.78 is 28.7. The molecule has 3 aromatic carbocycles. The molecule has 0 spiro atoms. The Morgan fingerprint density at radius 3 is 1.95 bits per heavy atom. The highest BCUT2D eigenvalue weighted by atomic mass is 19.1. The van der Waals surface area contributed by atoms with Crippen molar-refractivity contribution < 1.29 is 18.1 Å². The fourth-order valence-corrected chi connectivity index (χ4v) is 6.68. The van der Waals surface area contributed by atoms with Gasteiger partial charge in [0.05, 0.1) is 46.6 Å². The Balaban J connectivity index is 1.30. The minimum atomic E-state index is -0.346. The van der Waals surface area contributed by atoms with Gasteiger partial charge in [-0.3, -0.25) is 5.32 Å². The minimum Gasteiger partial charge on any atom is -0.326 e. The molecule has 0 aliphatic carbocycles. The quantitative estimate of drug-likeness (QED) is 0.328. The maximum Gasteiger partial charge on any atom is 0.426 e. The van der Waals surface area contributed by atoms with E-state index in [9.17, 15) is 13.6 Å². The summed E-state index contributed by atoms with van der Waals surface area (Å²) in [5.74, 6) is -0.509. The van der Waals surface area contributed by atoms with E-state index in [1.54, 1.807) is 0 Å². The second kappa shape index (κ2) is 9.58. The van der Waals surface area contributed by atoms with E-state index in [-0.39, 0.29) is 28.6 Å². The Hall–Kier alpha value is -3.09. The van der Waals surface area contributed by atoms with Crippen molar-refractivity contribution in [2.45, 2.75) is 50.5 Å². The number of nitrogens with one attached hydrogen (secondary N) is 1. The van der Waals surface area contributed by atoms with Crippen LogP contribution >= 0.6 is 0 Å². The van der Waals surface area contributed by atoms with Gasteiger partial charge >= 0.3 is 6.03 Å². The summed E-state index contributed by atoms with van der Waals surface area (Å²) in [5.41, 5.74) is 3.54. The van der Waals surface area contributed by atoms with Crippen LogP contribution in [0.3, 0.4) is 0 Å². The summed E-state index contributed by atoms with van der Waals surface area (Å²) in [4.78, 5) is 13.2. The molecule has 1 saturated heterocycles. The number of carbonyl (C=O) groups is 1. The third-order valence-corrected chi connectivity index (χ3v) is 9.83. The molecule has 2 aliphatic heterocycles. The number of benzene rings is 3. The maximum atomic E-state index is 13.7. The molecule has 0 radical (unpaired) electrons. The van der Waals surface area contributed by atoms with Crippen LogP contribution < -0.4 is 9.80 Å². The number of urea groups is 1. The largest absolute Gasteiger partial charge is 0.426 e. The summed E-state index contributed by atoms with van der Waals surface area (Å²) >= 11 is 0. The van der Waals surface area contributed by atoms with Gasteiger partial charge in [0.1, 0.15) is 22.9 Å². The molecule has 5 rings (SSSR count). The first-order valence-electron chi connectivity index (χ1n) is 13.6. The molecule has 200 valence electrons. The summed E-state index contributed by atoms with van der Waals surface area (Å²) in [7, 11) is 4.39. The monoisotopic (exact) mass is 519 g/mol. The first kappa shape index (κ1) is 26.5. The normalized spacial score (nSPS) is 27.2. The number of likely N-dealkylation sites (tertiary alicyclic amines) is 1. The lowest BCUT2D eigenvalue weighted by Gasteiger charge is -2.50. The van der Waals surface area contributed by atoms with Crippen molar-refractivity contribution in [1.82, 2.24) is 4.48 Å². The van der Waals surface area contributed by atoms with Crippen molar-refractivity contribution in [3.05, 3.63) is 95.6 Å². The lowest BCUT2D eigenvalue weighted by molar-refractivity contribution is -0.915. The Labute approximate surface area is 225 Å². The molecular weight excluding hydrogens is 480 g/mol. The standard InChI is InChI=1S/C32H38F2N3O/c1-31(37(4)29-9-6-5-8-28(29)35-30(37)38)19-22-36(3,23-20-31)21-7-18-32(2,24-10-14-26(33)15-11-24)25-12-16-27(34)17-13-25/h5-6,8-17H,7,18-23H2,1-4H3/q+1/p+1. The van der Waals surface area contributed by atoms with Crippen LogP contribution in [0.15, 0.2) is 72.8 Å². The molecule has 0 aromatic heterocycles. The van der Waals surface area contributed by atoms with Gasteiger partial charge in [0.25, 0.3) is 0 Å². The van der Waals surface area contributed by atoms with E-state index >= 15 is 0 Å². The fraction of sp³-hybridized carbons (Fsp3) is 0.406. The highest BCUT2D eigenvalue weighted by Gasteiger charge is 2.58. The van der Waals surface area contributed by atoms with E-state index in [0.29, 0.717) is 4.48 Å². The lowest BCUT2D eigenvalue weighted by Crippen LogP contribution is -2.69. The summed E-state index contributed by atoms with van der Waals surface area (Å²) in [6, 6.07) is 21.5. The number of rotatable bonds is 7. The molecule has 2 aliphatic rings. The average molecular weight is 520 g/mol. The first-order chi connectivity index (χ1) is 18.0. The van der Waals surface area contributed by atoms with Crippen LogP contribution in [-0.4, -0.2) is 49.8 Å². The van der Waals surface area contributed by atoms with Crippen molar-refractivity contribution in [2.75, 3.05) is 39.0 Å². The highest BCUT2D eigenvalue weighted by Crippen LogP contribution is 2.47. The van der Waals surface area contributed by atoms with E-state index in [4.69, 9.17) is 0 Å². The molecule has 0 saturated carbocycles. The number of amides is 2. The fourth-order valence-electron chi connectivity index (χ4n) is 6.68. The van der Waals surface area contributed by atoms with Gasteiger partial charge in [-0.05, 0) is 61.2 Å². The molecule has 2 heterocycles. The highest BCUT2D eigenvalue weighted by molar-refractivity contribution is 6.08. The molecule has 1 unspecified atom stereocenters. The third kappa shape index (κ3) is 4.44. The van der Waals surface area contributed by atoms with E-state index in [1.165, 1.54) is 24.3 Å². The molecule has 6 heteroatoms. The number of anilines is 1. The number of piperidine rings is 1. The van der Waals surface area contributed by atoms with Crippen molar-refractivity contribution in [1.29, 1.82) is 0 Å².